The second-order valence-electron chi connectivity index (χ2n) is 3.97. The van der Waals surface area contributed by atoms with E-state index in [-0.39, 0.29) is 28.4 Å². The smallest absolute Gasteiger partial charge is 0.178 e. The fraction of sp³-hybridized carbons (Fsp3) is 0.455. The quantitative estimate of drug-likeness (QED) is 0.657. The highest BCUT2D eigenvalue weighted by Crippen LogP contribution is 2.40. The van der Waals surface area contributed by atoms with Crippen molar-refractivity contribution in [3.05, 3.63) is 21.7 Å². The summed E-state index contributed by atoms with van der Waals surface area (Å²) in [5, 5.41) is 0.774. The van der Waals surface area contributed by atoms with Gasteiger partial charge in [-0.2, -0.15) is 0 Å². The highest BCUT2D eigenvalue weighted by molar-refractivity contribution is 6.46. The van der Waals surface area contributed by atoms with Crippen LogP contribution in [0.1, 0.15) is 19.8 Å². The first-order valence-corrected chi connectivity index (χ1v) is 5.57. The molecule has 15 heavy (non-hydrogen) atoms. The molecule has 2 unspecified atom stereocenters. The summed E-state index contributed by atoms with van der Waals surface area (Å²) in [6, 6.07) is 0. The topological polar surface area (TPSA) is 34.1 Å². The van der Waals surface area contributed by atoms with Crippen LogP contribution in [-0.2, 0) is 9.59 Å². The molecule has 0 aromatic carbocycles. The molecule has 2 atom stereocenters. The van der Waals surface area contributed by atoms with Crippen molar-refractivity contribution in [3.8, 4) is 0 Å². The van der Waals surface area contributed by atoms with E-state index in [4.69, 9.17) is 23.2 Å². The Morgan fingerprint density at radius 2 is 1.87 bits per heavy atom. The Hall–Kier alpha value is -0.600. The lowest BCUT2D eigenvalue weighted by molar-refractivity contribution is -0.130. The third kappa shape index (κ3) is 1.66. The Bertz CT molecular complexity index is 407. The van der Waals surface area contributed by atoms with Crippen molar-refractivity contribution in [1.29, 1.82) is 0 Å². The molecule has 2 aliphatic carbocycles. The molecule has 2 rings (SSSR count). The molecule has 0 spiro atoms. The van der Waals surface area contributed by atoms with Gasteiger partial charge in [0.15, 0.2) is 11.6 Å². The van der Waals surface area contributed by atoms with E-state index in [0.717, 1.165) is 0 Å². The highest BCUT2D eigenvalue weighted by atomic mass is 35.5. The van der Waals surface area contributed by atoms with Crippen LogP contribution in [0.4, 0.5) is 0 Å². The minimum atomic E-state index is -0.295. The number of hydrogen-bond donors (Lipinski definition) is 0. The monoisotopic (exact) mass is 244 g/mol. The van der Waals surface area contributed by atoms with Crippen molar-refractivity contribution in [3.63, 3.8) is 0 Å². The standard InChI is InChI=1S/C11H10Cl2O2/c1-5-9(13)11(15)7-3-2-6(12)4-8(7)10(5)14/h2,7-8H,3-4H2,1H3. The van der Waals surface area contributed by atoms with Crippen LogP contribution < -0.4 is 0 Å². The molecule has 0 aromatic heterocycles. The summed E-state index contributed by atoms with van der Waals surface area (Å²) >= 11 is 11.7. The minimum Gasteiger partial charge on any atom is -0.294 e. The van der Waals surface area contributed by atoms with Crippen molar-refractivity contribution < 1.29 is 9.59 Å². The maximum atomic E-state index is 11.9. The van der Waals surface area contributed by atoms with Crippen LogP contribution in [0, 0.1) is 11.8 Å². The molecular weight excluding hydrogens is 235 g/mol. The van der Waals surface area contributed by atoms with E-state index in [9.17, 15) is 9.59 Å². The van der Waals surface area contributed by atoms with Crippen LogP contribution in [0.3, 0.4) is 0 Å². The molecular formula is C11H10Cl2O2. The largest absolute Gasteiger partial charge is 0.294 e. The van der Waals surface area contributed by atoms with Crippen molar-refractivity contribution in [2.45, 2.75) is 19.8 Å². The normalized spacial score (nSPS) is 31.5. The number of allylic oxidation sites excluding steroid dienone is 4. The van der Waals surface area contributed by atoms with Crippen LogP contribution in [0.25, 0.3) is 0 Å². The lowest BCUT2D eigenvalue weighted by atomic mass is 9.72. The van der Waals surface area contributed by atoms with Gasteiger partial charge in [-0.25, -0.2) is 0 Å². The van der Waals surface area contributed by atoms with Gasteiger partial charge in [0, 0.05) is 22.4 Å². The molecule has 80 valence electrons. The molecule has 0 fully saturated rings. The van der Waals surface area contributed by atoms with E-state index in [1.807, 2.05) is 0 Å². The predicted octanol–water partition coefficient (Wildman–Crippen LogP) is 2.80. The zero-order valence-corrected chi connectivity index (χ0v) is 9.73. The third-order valence-corrected chi connectivity index (χ3v) is 3.86. The van der Waals surface area contributed by atoms with Gasteiger partial charge in [0.1, 0.15) is 0 Å². The lowest BCUT2D eigenvalue weighted by Gasteiger charge is -2.31. The number of rotatable bonds is 0. The lowest BCUT2D eigenvalue weighted by Crippen LogP contribution is -2.37. The van der Waals surface area contributed by atoms with Crippen molar-refractivity contribution in [2.24, 2.45) is 11.8 Å². The Balaban J connectivity index is 2.42. The summed E-state index contributed by atoms with van der Waals surface area (Å²) in [6.45, 7) is 1.60. The second kappa shape index (κ2) is 3.76. The van der Waals surface area contributed by atoms with Gasteiger partial charge in [-0.3, -0.25) is 9.59 Å². The summed E-state index contributed by atoms with van der Waals surface area (Å²) in [7, 11) is 0. The number of fused-ring (bicyclic) bond motifs is 1. The van der Waals surface area contributed by atoms with Crippen LogP contribution in [0.2, 0.25) is 0 Å². The van der Waals surface area contributed by atoms with Gasteiger partial charge in [0.2, 0.25) is 0 Å². The number of carbonyl (C=O) groups excluding carboxylic acids is 2. The number of carbonyl (C=O) groups is 2. The molecule has 2 aliphatic rings. The van der Waals surface area contributed by atoms with Gasteiger partial charge < -0.3 is 0 Å². The maximum Gasteiger partial charge on any atom is 0.178 e. The molecule has 4 heteroatoms. The molecule has 0 aromatic rings. The zero-order chi connectivity index (χ0) is 11.2. The van der Waals surface area contributed by atoms with Crippen LogP contribution in [0.5, 0.6) is 0 Å². The number of Topliss-reactive ketones (excluding diaryl/α,β-unsaturated/α-hetero) is 2. The molecule has 2 nitrogen and oxygen atoms in total. The van der Waals surface area contributed by atoms with Crippen molar-refractivity contribution in [1.82, 2.24) is 0 Å². The van der Waals surface area contributed by atoms with Gasteiger partial charge in [0.05, 0.1) is 5.03 Å². The van der Waals surface area contributed by atoms with Gasteiger partial charge in [-0.1, -0.05) is 29.3 Å². The second-order valence-corrected chi connectivity index (χ2v) is 4.83. The first kappa shape index (κ1) is 10.9. The average molecular weight is 245 g/mol. The Labute approximate surface area is 97.9 Å². The summed E-state index contributed by atoms with van der Waals surface area (Å²) in [6.07, 6.45) is 2.80. The molecule has 0 radical (unpaired) electrons. The Kier molecular flexibility index (Phi) is 2.73. The molecule has 0 amide bonds. The third-order valence-electron chi connectivity index (χ3n) is 3.08. The van der Waals surface area contributed by atoms with Crippen LogP contribution >= 0.6 is 23.2 Å². The van der Waals surface area contributed by atoms with E-state index in [0.29, 0.717) is 23.4 Å². The summed E-state index contributed by atoms with van der Waals surface area (Å²) < 4.78 is 0. The first-order chi connectivity index (χ1) is 7.02. The van der Waals surface area contributed by atoms with Gasteiger partial charge in [0.25, 0.3) is 0 Å². The van der Waals surface area contributed by atoms with E-state index in [1.54, 1.807) is 13.0 Å². The molecule has 0 N–H and O–H groups in total. The van der Waals surface area contributed by atoms with E-state index >= 15 is 0 Å². The van der Waals surface area contributed by atoms with E-state index in [2.05, 4.69) is 0 Å². The van der Waals surface area contributed by atoms with Crippen molar-refractivity contribution >= 4 is 34.8 Å². The maximum absolute atomic E-state index is 11.9. The average Bonchev–Trinajstić information content (AvgIpc) is 2.23. The molecule has 0 saturated heterocycles. The van der Waals surface area contributed by atoms with Gasteiger partial charge in [-0.05, 0) is 19.8 Å². The summed E-state index contributed by atoms with van der Waals surface area (Å²) in [5.41, 5.74) is 0.384. The summed E-state index contributed by atoms with van der Waals surface area (Å²) in [4.78, 5) is 23.7. The molecule has 0 saturated carbocycles. The number of ketones is 2. The highest BCUT2D eigenvalue weighted by Gasteiger charge is 2.42. The van der Waals surface area contributed by atoms with Gasteiger partial charge >= 0.3 is 0 Å². The van der Waals surface area contributed by atoms with Gasteiger partial charge in [-0.15, -0.1) is 0 Å². The van der Waals surface area contributed by atoms with E-state index in [1.165, 1.54) is 0 Å². The predicted molar refractivity (Wildman–Crippen MR) is 58.7 cm³/mol. The molecule has 0 aliphatic heterocycles. The number of hydrogen-bond acceptors (Lipinski definition) is 2. The van der Waals surface area contributed by atoms with Crippen LogP contribution in [-0.4, -0.2) is 11.6 Å². The van der Waals surface area contributed by atoms with Crippen molar-refractivity contribution in [2.75, 3.05) is 0 Å². The Morgan fingerprint density at radius 3 is 2.53 bits per heavy atom. The van der Waals surface area contributed by atoms with Crippen LogP contribution in [0.15, 0.2) is 21.7 Å². The minimum absolute atomic E-state index is 0.0316. The number of halogens is 2. The molecule has 0 heterocycles. The fourth-order valence-electron chi connectivity index (χ4n) is 2.15. The zero-order valence-electron chi connectivity index (χ0n) is 8.22. The summed E-state index contributed by atoms with van der Waals surface area (Å²) in [5.74, 6) is -0.733. The molecule has 0 bridgehead atoms. The van der Waals surface area contributed by atoms with E-state index < -0.39 is 0 Å². The fourth-order valence-corrected chi connectivity index (χ4v) is 2.64. The Morgan fingerprint density at radius 1 is 1.20 bits per heavy atom. The SMILES string of the molecule is CC1=C(Cl)C(=O)C2CC=C(Cl)CC2C1=O. The first-order valence-electron chi connectivity index (χ1n) is 4.81.